The van der Waals surface area contributed by atoms with Gasteiger partial charge in [0.1, 0.15) is 0 Å². The molecule has 0 aromatic heterocycles. The Balaban J connectivity index is 1.71. The molecule has 0 spiro atoms. The van der Waals surface area contributed by atoms with Crippen LogP contribution in [0.3, 0.4) is 0 Å². The lowest BCUT2D eigenvalue weighted by Gasteiger charge is -2.42. The van der Waals surface area contributed by atoms with Gasteiger partial charge in [-0.1, -0.05) is 12.8 Å². The molecule has 0 aromatic carbocycles. The van der Waals surface area contributed by atoms with Gasteiger partial charge in [-0.05, 0) is 25.7 Å². The molecule has 2 heterocycles. The number of aliphatic carboxylic acids is 1. The summed E-state index contributed by atoms with van der Waals surface area (Å²) in [6.07, 6.45) is 7.21. The zero-order chi connectivity index (χ0) is 11.8. The van der Waals surface area contributed by atoms with Crippen molar-refractivity contribution in [2.75, 3.05) is 13.1 Å². The first-order valence-corrected chi connectivity index (χ1v) is 6.86. The van der Waals surface area contributed by atoms with Gasteiger partial charge in [0.05, 0.1) is 18.1 Å². The third-order valence-corrected chi connectivity index (χ3v) is 4.59. The van der Waals surface area contributed by atoms with Crippen molar-refractivity contribution in [3.05, 3.63) is 0 Å². The van der Waals surface area contributed by atoms with E-state index in [2.05, 4.69) is 4.90 Å². The first-order valence-electron chi connectivity index (χ1n) is 6.86. The Morgan fingerprint density at radius 3 is 2.35 bits per heavy atom. The van der Waals surface area contributed by atoms with Crippen molar-refractivity contribution < 1.29 is 14.6 Å². The zero-order valence-corrected chi connectivity index (χ0v) is 10.2. The minimum Gasteiger partial charge on any atom is -0.481 e. The van der Waals surface area contributed by atoms with Gasteiger partial charge < -0.3 is 9.84 Å². The molecular formula is C13H21NO3. The van der Waals surface area contributed by atoms with E-state index < -0.39 is 5.97 Å². The predicted molar refractivity (Wildman–Crippen MR) is 62.8 cm³/mol. The maximum Gasteiger partial charge on any atom is 0.308 e. The molecule has 1 N–H and O–H groups in total. The highest BCUT2D eigenvalue weighted by atomic mass is 16.5. The molecule has 4 unspecified atom stereocenters. The lowest BCUT2D eigenvalue weighted by molar-refractivity contribution is -0.148. The highest BCUT2D eigenvalue weighted by molar-refractivity contribution is 5.71. The topological polar surface area (TPSA) is 49.8 Å². The smallest absolute Gasteiger partial charge is 0.308 e. The number of hydrogen-bond acceptors (Lipinski definition) is 3. The van der Waals surface area contributed by atoms with Crippen LogP contribution in [0.5, 0.6) is 0 Å². The Bertz CT molecular complexity index is 295. The molecule has 1 aliphatic carbocycles. The van der Waals surface area contributed by atoms with E-state index in [0.717, 1.165) is 45.2 Å². The van der Waals surface area contributed by atoms with Crippen LogP contribution in [0, 0.1) is 5.92 Å². The van der Waals surface area contributed by atoms with Crippen molar-refractivity contribution in [3.8, 4) is 0 Å². The van der Waals surface area contributed by atoms with Gasteiger partial charge in [0.25, 0.3) is 0 Å². The number of nitrogens with zero attached hydrogens (tertiary/aromatic N) is 1. The predicted octanol–water partition coefficient (Wildman–Crippen LogP) is 1.49. The van der Waals surface area contributed by atoms with E-state index in [9.17, 15) is 9.90 Å². The normalized spacial score (nSPS) is 42.6. The Kier molecular flexibility index (Phi) is 3.09. The molecule has 4 atom stereocenters. The summed E-state index contributed by atoms with van der Waals surface area (Å²) < 4.78 is 5.82. The van der Waals surface area contributed by atoms with Crippen molar-refractivity contribution in [2.45, 2.75) is 56.8 Å². The number of likely N-dealkylation sites (tertiary alicyclic amines) is 1. The molecule has 3 aliphatic rings. The fraction of sp³-hybridized carbons (Fsp3) is 0.923. The number of carboxylic acid groups (broad SMARTS) is 1. The molecule has 96 valence electrons. The number of morpholine rings is 1. The summed E-state index contributed by atoms with van der Waals surface area (Å²) in [5.41, 5.74) is 0. The molecule has 0 radical (unpaired) electrons. The molecule has 1 saturated carbocycles. The van der Waals surface area contributed by atoms with E-state index in [-0.39, 0.29) is 12.0 Å². The highest BCUT2D eigenvalue weighted by Gasteiger charge is 2.41. The number of fused-ring (bicyclic) bond motifs is 2. The average Bonchev–Trinajstić information content (AvgIpc) is 2.68. The maximum atomic E-state index is 11.3. The van der Waals surface area contributed by atoms with Gasteiger partial charge in [-0.3, -0.25) is 9.69 Å². The van der Waals surface area contributed by atoms with E-state index in [4.69, 9.17) is 4.74 Å². The van der Waals surface area contributed by atoms with Crippen LogP contribution in [0.2, 0.25) is 0 Å². The van der Waals surface area contributed by atoms with E-state index in [1.165, 1.54) is 6.42 Å². The van der Waals surface area contributed by atoms with Crippen LogP contribution < -0.4 is 0 Å². The van der Waals surface area contributed by atoms with Gasteiger partial charge >= 0.3 is 5.97 Å². The standard InChI is InChI=1S/C13H21NO3/c15-13(16)11-3-1-2-4-12(11)14-7-9-5-6-10(8-14)17-9/h9-12H,1-8H2,(H,15,16). The molecule has 4 heteroatoms. The summed E-state index contributed by atoms with van der Waals surface area (Å²) in [6.45, 7) is 1.90. The highest BCUT2D eigenvalue weighted by Crippen LogP contribution is 2.34. The van der Waals surface area contributed by atoms with Crippen molar-refractivity contribution in [1.82, 2.24) is 4.90 Å². The Hall–Kier alpha value is -0.610. The van der Waals surface area contributed by atoms with Crippen LogP contribution in [-0.4, -0.2) is 47.3 Å². The third kappa shape index (κ3) is 2.20. The van der Waals surface area contributed by atoms with Gasteiger partial charge in [-0.15, -0.1) is 0 Å². The van der Waals surface area contributed by atoms with Gasteiger partial charge in [-0.2, -0.15) is 0 Å². The van der Waals surface area contributed by atoms with Gasteiger partial charge in [-0.25, -0.2) is 0 Å². The molecular weight excluding hydrogens is 218 g/mol. The van der Waals surface area contributed by atoms with Crippen LogP contribution >= 0.6 is 0 Å². The van der Waals surface area contributed by atoms with Crippen LogP contribution in [0.4, 0.5) is 0 Å². The van der Waals surface area contributed by atoms with E-state index in [1.54, 1.807) is 0 Å². The van der Waals surface area contributed by atoms with E-state index >= 15 is 0 Å². The lowest BCUT2D eigenvalue weighted by atomic mass is 9.83. The van der Waals surface area contributed by atoms with Crippen LogP contribution in [0.1, 0.15) is 38.5 Å². The van der Waals surface area contributed by atoms with Crippen LogP contribution in [0.15, 0.2) is 0 Å². The molecule has 0 amide bonds. The minimum absolute atomic E-state index is 0.152. The largest absolute Gasteiger partial charge is 0.481 e. The second-order valence-corrected chi connectivity index (χ2v) is 5.71. The van der Waals surface area contributed by atoms with Crippen molar-refractivity contribution in [3.63, 3.8) is 0 Å². The Labute approximate surface area is 102 Å². The quantitative estimate of drug-likeness (QED) is 0.793. The number of hydrogen-bond donors (Lipinski definition) is 1. The summed E-state index contributed by atoms with van der Waals surface area (Å²) in [7, 11) is 0. The molecule has 3 rings (SSSR count). The molecule has 0 aromatic rings. The monoisotopic (exact) mass is 239 g/mol. The molecule has 2 saturated heterocycles. The van der Waals surface area contributed by atoms with Gasteiger partial charge in [0.2, 0.25) is 0 Å². The summed E-state index contributed by atoms with van der Waals surface area (Å²) in [5, 5.41) is 9.33. The molecule has 2 aliphatic heterocycles. The fourth-order valence-electron chi connectivity index (χ4n) is 3.75. The molecule has 17 heavy (non-hydrogen) atoms. The summed E-state index contributed by atoms with van der Waals surface area (Å²) in [5.74, 6) is -0.755. The van der Waals surface area contributed by atoms with Crippen LogP contribution in [-0.2, 0) is 9.53 Å². The number of carboxylic acids is 1. The number of rotatable bonds is 2. The van der Waals surface area contributed by atoms with Crippen molar-refractivity contribution in [2.24, 2.45) is 5.92 Å². The number of ether oxygens (including phenoxy) is 1. The summed E-state index contributed by atoms with van der Waals surface area (Å²) in [4.78, 5) is 13.7. The Morgan fingerprint density at radius 1 is 1.06 bits per heavy atom. The van der Waals surface area contributed by atoms with E-state index in [0.29, 0.717) is 12.2 Å². The second-order valence-electron chi connectivity index (χ2n) is 5.71. The average molecular weight is 239 g/mol. The summed E-state index contributed by atoms with van der Waals surface area (Å²) >= 11 is 0. The van der Waals surface area contributed by atoms with Crippen molar-refractivity contribution >= 4 is 5.97 Å². The van der Waals surface area contributed by atoms with Crippen LogP contribution in [0.25, 0.3) is 0 Å². The van der Waals surface area contributed by atoms with Crippen molar-refractivity contribution in [1.29, 1.82) is 0 Å². The third-order valence-electron chi connectivity index (χ3n) is 4.59. The molecule has 4 nitrogen and oxygen atoms in total. The fourth-order valence-corrected chi connectivity index (χ4v) is 3.75. The molecule has 2 bridgehead atoms. The lowest BCUT2D eigenvalue weighted by Crippen LogP contribution is -2.52. The van der Waals surface area contributed by atoms with E-state index in [1.807, 2.05) is 0 Å². The van der Waals surface area contributed by atoms with Gasteiger partial charge in [0.15, 0.2) is 0 Å². The second kappa shape index (κ2) is 4.58. The first-order chi connectivity index (χ1) is 8.24. The van der Waals surface area contributed by atoms with Gasteiger partial charge in [0, 0.05) is 19.1 Å². The number of carbonyl (C=O) groups is 1. The first kappa shape index (κ1) is 11.5. The SMILES string of the molecule is O=C(O)C1CCCCC1N1CC2CCC(C1)O2. The Morgan fingerprint density at radius 2 is 1.71 bits per heavy atom. The maximum absolute atomic E-state index is 11.3. The minimum atomic E-state index is -0.603. The molecule has 3 fully saturated rings. The zero-order valence-electron chi connectivity index (χ0n) is 10.2. The summed E-state index contributed by atoms with van der Waals surface area (Å²) in [6, 6.07) is 0.258.